The van der Waals surface area contributed by atoms with Crippen LogP contribution in [0.3, 0.4) is 0 Å². The van der Waals surface area contributed by atoms with Crippen molar-refractivity contribution in [1.82, 2.24) is 0 Å². The van der Waals surface area contributed by atoms with E-state index in [1.165, 1.54) is 19.1 Å². The van der Waals surface area contributed by atoms with Crippen molar-refractivity contribution < 1.29 is 23.1 Å². The van der Waals surface area contributed by atoms with Gasteiger partial charge in [0.05, 0.1) is 0 Å². The molecule has 1 aromatic carbocycles. The number of ketones is 1. The Morgan fingerprint density at radius 1 is 1.16 bits per heavy atom. The Morgan fingerprint density at radius 2 is 1.63 bits per heavy atom. The fraction of sp³-hybridized carbons (Fsp3) is 0.385. The van der Waals surface area contributed by atoms with Crippen molar-refractivity contribution in [3.05, 3.63) is 35.9 Å². The molecule has 6 heteroatoms. The maximum Gasteiger partial charge on any atom is 0.324 e. The lowest BCUT2D eigenvalue weighted by molar-refractivity contribution is -0.139. The summed E-state index contributed by atoms with van der Waals surface area (Å²) in [6.07, 6.45) is 0. The second-order valence-corrected chi connectivity index (χ2v) is 7.55. The number of benzene rings is 1. The molecule has 1 atom stereocenters. The number of sulfone groups is 1. The zero-order chi connectivity index (χ0) is 14.8. The first-order valence-corrected chi connectivity index (χ1v) is 7.23. The molecule has 1 rings (SSSR count). The van der Waals surface area contributed by atoms with Crippen molar-refractivity contribution in [2.24, 2.45) is 0 Å². The van der Waals surface area contributed by atoms with Gasteiger partial charge in [-0.15, -0.1) is 0 Å². The summed E-state index contributed by atoms with van der Waals surface area (Å²) in [5.74, 6) is -2.07. The molecule has 0 spiro atoms. The Kier molecular flexibility index (Phi) is 4.15. The Hall–Kier alpha value is -1.69. The summed E-state index contributed by atoms with van der Waals surface area (Å²) in [6.45, 7) is 3.38. The van der Waals surface area contributed by atoms with Gasteiger partial charge in [0.25, 0.3) is 0 Å². The highest BCUT2D eigenvalue weighted by atomic mass is 32.2. The highest BCUT2D eigenvalue weighted by Crippen LogP contribution is 2.24. The van der Waals surface area contributed by atoms with Gasteiger partial charge in [-0.25, -0.2) is 8.42 Å². The summed E-state index contributed by atoms with van der Waals surface area (Å²) in [4.78, 5) is 23.1. The van der Waals surface area contributed by atoms with Crippen LogP contribution in [0.5, 0.6) is 0 Å². The minimum Gasteiger partial charge on any atom is -0.480 e. The lowest BCUT2D eigenvalue weighted by Gasteiger charge is -2.23. The molecular formula is C13H16O5S. The summed E-state index contributed by atoms with van der Waals surface area (Å²) >= 11 is 0. The zero-order valence-electron chi connectivity index (χ0n) is 11.0. The van der Waals surface area contributed by atoms with E-state index in [9.17, 15) is 18.0 Å². The van der Waals surface area contributed by atoms with Crippen LogP contribution in [0.15, 0.2) is 30.3 Å². The Morgan fingerprint density at radius 3 is 2.05 bits per heavy atom. The lowest BCUT2D eigenvalue weighted by atomic mass is 10.1. The summed E-state index contributed by atoms with van der Waals surface area (Å²) in [6, 6.07) is 7.95. The van der Waals surface area contributed by atoms with E-state index in [0.717, 1.165) is 13.8 Å². The molecule has 0 amide bonds. The molecule has 19 heavy (non-hydrogen) atoms. The predicted octanol–water partition coefficient (Wildman–Crippen LogP) is 1.54. The molecule has 0 aromatic heterocycles. The Labute approximate surface area is 112 Å². The number of carbonyl (C=O) groups is 2. The molecule has 0 aliphatic carbocycles. The summed E-state index contributed by atoms with van der Waals surface area (Å²) < 4.78 is 22.4. The van der Waals surface area contributed by atoms with Gasteiger partial charge in [-0.2, -0.15) is 0 Å². The van der Waals surface area contributed by atoms with Gasteiger partial charge in [0.1, 0.15) is 5.25 Å². The highest BCUT2D eigenvalue weighted by molar-refractivity contribution is 7.94. The van der Waals surface area contributed by atoms with Gasteiger partial charge in [-0.3, -0.25) is 9.59 Å². The zero-order valence-corrected chi connectivity index (χ0v) is 11.8. The molecule has 1 N–H and O–H groups in total. The molecule has 0 radical (unpaired) electrons. The van der Waals surface area contributed by atoms with Crippen molar-refractivity contribution in [1.29, 1.82) is 0 Å². The molecule has 5 nitrogen and oxygen atoms in total. The quantitative estimate of drug-likeness (QED) is 0.828. The number of carbonyl (C=O) groups excluding carboxylic acids is 1. The van der Waals surface area contributed by atoms with E-state index < -0.39 is 31.6 Å². The SMILES string of the molecule is CC(C(=O)c1ccccc1)S(=O)(=O)C(C)(C)C(=O)O. The van der Waals surface area contributed by atoms with E-state index in [4.69, 9.17) is 5.11 Å². The van der Waals surface area contributed by atoms with Crippen LogP contribution < -0.4 is 0 Å². The third-order valence-electron chi connectivity index (χ3n) is 3.12. The van der Waals surface area contributed by atoms with Crippen molar-refractivity contribution in [3.63, 3.8) is 0 Å². The van der Waals surface area contributed by atoms with Gasteiger partial charge in [0, 0.05) is 5.56 Å². The van der Waals surface area contributed by atoms with Crippen molar-refractivity contribution in [3.8, 4) is 0 Å². The number of carboxylic acids is 1. The average molecular weight is 284 g/mol. The minimum absolute atomic E-state index is 0.250. The fourth-order valence-electron chi connectivity index (χ4n) is 1.54. The van der Waals surface area contributed by atoms with E-state index in [2.05, 4.69) is 0 Å². The molecule has 0 saturated heterocycles. The Bertz CT molecular complexity index is 587. The second-order valence-electron chi connectivity index (χ2n) is 4.73. The number of carboxylic acid groups (broad SMARTS) is 1. The van der Waals surface area contributed by atoms with Crippen molar-refractivity contribution in [2.45, 2.75) is 30.8 Å². The molecule has 0 heterocycles. The molecule has 0 saturated carbocycles. The average Bonchev–Trinajstić information content (AvgIpc) is 2.37. The van der Waals surface area contributed by atoms with Crippen LogP contribution in [0.2, 0.25) is 0 Å². The Balaban J connectivity index is 3.17. The fourth-order valence-corrected chi connectivity index (χ4v) is 3.09. The maximum absolute atomic E-state index is 12.2. The molecule has 104 valence electrons. The third-order valence-corrected chi connectivity index (χ3v) is 5.86. The third kappa shape index (κ3) is 2.68. The van der Waals surface area contributed by atoms with Crippen molar-refractivity contribution >= 4 is 21.6 Å². The molecule has 0 aliphatic rings. The van der Waals surface area contributed by atoms with Gasteiger partial charge < -0.3 is 5.11 Å². The van der Waals surface area contributed by atoms with E-state index in [1.807, 2.05) is 0 Å². The molecule has 0 fully saturated rings. The second kappa shape index (κ2) is 5.13. The smallest absolute Gasteiger partial charge is 0.324 e. The van der Waals surface area contributed by atoms with Crippen LogP contribution in [-0.4, -0.2) is 35.3 Å². The molecule has 1 aromatic rings. The van der Waals surface area contributed by atoms with Gasteiger partial charge >= 0.3 is 5.97 Å². The van der Waals surface area contributed by atoms with E-state index >= 15 is 0 Å². The van der Waals surface area contributed by atoms with Gasteiger partial charge in [0.2, 0.25) is 0 Å². The number of hydrogen-bond acceptors (Lipinski definition) is 4. The van der Waals surface area contributed by atoms with Crippen LogP contribution in [0.25, 0.3) is 0 Å². The topological polar surface area (TPSA) is 88.5 Å². The van der Waals surface area contributed by atoms with Gasteiger partial charge in [-0.1, -0.05) is 30.3 Å². The van der Waals surface area contributed by atoms with E-state index in [-0.39, 0.29) is 5.56 Å². The molecule has 0 bridgehead atoms. The van der Waals surface area contributed by atoms with Crippen LogP contribution in [0.1, 0.15) is 31.1 Å². The number of Topliss-reactive ketones (excluding diaryl/α,β-unsaturated/α-hetero) is 1. The lowest BCUT2D eigenvalue weighted by Crippen LogP contribution is -2.47. The first-order chi connectivity index (χ1) is 8.62. The molecular weight excluding hydrogens is 268 g/mol. The largest absolute Gasteiger partial charge is 0.480 e. The first-order valence-electron chi connectivity index (χ1n) is 5.68. The van der Waals surface area contributed by atoms with Gasteiger partial charge in [0.15, 0.2) is 20.4 Å². The maximum atomic E-state index is 12.2. The highest BCUT2D eigenvalue weighted by Gasteiger charge is 2.47. The van der Waals surface area contributed by atoms with Crippen LogP contribution in [0, 0.1) is 0 Å². The summed E-state index contributed by atoms with van der Waals surface area (Å²) in [7, 11) is -4.13. The molecule has 1 unspecified atom stereocenters. The summed E-state index contributed by atoms with van der Waals surface area (Å²) in [5, 5.41) is 7.59. The molecule has 0 aliphatic heterocycles. The van der Waals surface area contributed by atoms with Crippen LogP contribution in [0.4, 0.5) is 0 Å². The van der Waals surface area contributed by atoms with E-state index in [0.29, 0.717) is 0 Å². The minimum atomic E-state index is -4.13. The number of hydrogen-bond donors (Lipinski definition) is 1. The summed E-state index contributed by atoms with van der Waals surface area (Å²) in [5.41, 5.74) is 0.250. The number of aliphatic carboxylic acids is 1. The van der Waals surface area contributed by atoms with E-state index in [1.54, 1.807) is 18.2 Å². The van der Waals surface area contributed by atoms with Gasteiger partial charge in [-0.05, 0) is 20.8 Å². The predicted molar refractivity (Wildman–Crippen MR) is 70.9 cm³/mol. The monoisotopic (exact) mass is 284 g/mol. The van der Waals surface area contributed by atoms with Crippen LogP contribution in [-0.2, 0) is 14.6 Å². The standard InChI is InChI=1S/C13H16O5S/c1-9(11(14)10-7-5-4-6-8-10)19(17,18)13(2,3)12(15)16/h4-9H,1-3H3,(H,15,16). The number of rotatable bonds is 5. The van der Waals surface area contributed by atoms with Crippen LogP contribution >= 0.6 is 0 Å². The van der Waals surface area contributed by atoms with Crippen molar-refractivity contribution in [2.75, 3.05) is 0 Å². The normalized spacial score (nSPS) is 13.8. The first kappa shape index (κ1) is 15.4.